The van der Waals surface area contributed by atoms with E-state index in [0.717, 1.165) is 12.6 Å². The van der Waals surface area contributed by atoms with Gasteiger partial charge in [0.15, 0.2) is 0 Å². The molecule has 1 aromatic carbocycles. The van der Waals surface area contributed by atoms with Gasteiger partial charge in [0.05, 0.1) is 20.4 Å². The van der Waals surface area contributed by atoms with Gasteiger partial charge in [-0.3, -0.25) is 4.57 Å². The predicted molar refractivity (Wildman–Crippen MR) is 72.1 cm³/mol. The zero-order valence-electron chi connectivity index (χ0n) is 8.45. The second-order valence-electron chi connectivity index (χ2n) is 2.94. The number of benzene rings is 1. The summed E-state index contributed by atoms with van der Waals surface area (Å²) in [7, 11) is -2.93. The van der Waals surface area contributed by atoms with Crippen molar-refractivity contribution < 1.29 is 14.0 Å². The Morgan fingerprint density at radius 1 is 1.29 bits per heavy atom. The maximum absolute atomic E-state index is 11.7. The van der Waals surface area contributed by atoms with Gasteiger partial charge in [-0.2, -0.15) is 0 Å². The topological polar surface area (TPSA) is 46.5 Å². The molecular formula is C9H7Cl4O3P. The third-order valence-corrected chi connectivity index (χ3v) is 4.82. The van der Waals surface area contributed by atoms with E-state index in [1.54, 1.807) is 0 Å². The molecule has 1 unspecified atom stereocenters. The Kier molecular flexibility index (Phi) is 5.36. The first-order valence-corrected chi connectivity index (χ1v) is 7.32. The van der Waals surface area contributed by atoms with Crippen LogP contribution >= 0.6 is 54.0 Å². The lowest BCUT2D eigenvalue weighted by molar-refractivity contribution is 0.329. The Bertz CT molecular complexity index is 515. The normalized spacial score (nSPS) is 15.8. The van der Waals surface area contributed by atoms with Crippen LogP contribution in [-0.4, -0.2) is 12.0 Å². The van der Waals surface area contributed by atoms with Gasteiger partial charge >= 0.3 is 7.60 Å². The maximum atomic E-state index is 11.7. The van der Waals surface area contributed by atoms with Crippen LogP contribution in [0.4, 0.5) is 0 Å². The Morgan fingerprint density at radius 3 is 2.29 bits per heavy atom. The highest BCUT2D eigenvalue weighted by Gasteiger charge is 2.27. The quantitative estimate of drug-likeness (QED) is 0.623. The molecule has 0 bridgehead atoms. The Labute approximate surface area is 118 Å². The van der Waals surface area contributed by atoms with Crippen LogP contribution in [0.2, 0.25) is 15.1 Å². The molecule has 1 rings (SSSR count). The summed E-state index contributed by atoms with van der Waals surface area (Å²) in [6, 6.07) is 2.71. The SMILES string of the molecule is COP(=O)(O)/C(=C\Cl)c1cc(Cl)c(Cl)cc1Cl. The molecule has 0 heterocycles. The van der Waals surface area contributed by atoms with Crippen molar-refractivity contribution in [1.29, 1.82) is 0 Å². The van der Waals surface area contributed by atoms with Crippen molar-refractivity contribution in [1.82, 2.24) is 0 Å². The van der Waals surface area contributed by atoms with Crippen LogP contribution < -0.4 is 0 Å². The van der Waals surface area contributed by atoms with E-state index in [9.17, 15) is 9.46 Å². The first-order chi connectivity index (χ1) is 7.83. The molecule has 0 saturated carbocycles. The zero-order chi connectivity index (χ0) is 13.2. The van der Waals surface area contributed by atoms with Crippen LogP contribution in [0.1, 0.15) is 5.56 Å². The molecule has 1 atom stereocenters. The molecule has 0 amide bonds. The molecule has 1 N–H and O–H groups in total. The van der Waals surface area contributed by atoms with E-state index in [-0.39, 0.29) is 25.9 Å². The maximum Gasteiger partial charge on any atom is 0.360 e. The average molecular weight is 336 g/mol. The van der Waals surface area contributed by atoms with Crippen LogP contribution in [-0.2, 0) is 9.09 Å². The molecule has 1 aromatic rings. The Hall–Kier alpha value is 0.270. The highest BCUT2D eigenvalue weighted by atomic mass is 35.5. The van der Waals surface area contributed by atoms with Gasteiger partial charge in [0.2, 0.25) is 0 Å². The van der Waals surface area contributed by atoms with E-state index in [1.807, 2.05) is 0 Å². The summed E-state index contributed by atoms with van der Waals surface area (Å²) in [5, 5.41) is 0.431. The minimum absolute atomic E-state index is 0.148. The summed E-state index contributed by atoms with van der Waals surface area (Å²) in [5.74, 6) is 0. The van der Waals surface area contributed by atoms with Gasteiger partial charge in [-0.15, -0.1) is 0 Å². The van der Waals surface area contributed by atoms with Gasteiger partial charge in [-0.1, -0.05) is 46.4 Å². The largest absolute Gasteiger partial charge is 0.360 e. The second-order valence-corrected chi connectivity index (χ2v) is 6.27. The lowest BCUT2D eigenvalue weighted by Gasteiger charge is -2.14. The molecule has 17 heavy (non-hydrogen) atoms. The van der Waals surface area contributed by atoms with Crippen LogP contribution in [0.15, 0.2) is 17.7 Å². The van der Waals surface area contributed by atoms with Gasteiger partial charge in [-0.05, 0) is 12.1 Å². The highest BCUT2D eigenvalue weighted by Crippen LogP contribution is 2.57. The van der Waals surface area contributed by atoms with Gasteiger partial charge in [0.25, 0.3) is 0 Å². The molecule has 3 nitrogen and oxygen atoms in total. The number of hydrogen-bond acceptors (Lipinski definition) is 2. The zero-order valence-corrected chi connectivity index (χ0v) is 12.4. The summed E-state index contributed by atoms with van der Waals surface area (Å²) < 4.78 is 16.2. The minimum atomic E-state index is -4.02. The predicted octanol–water partition coefficient (Wildman–Crippen LogP) is 5.02. The van der Waals surface area contributed by atoms with Gasteiger partial charge in [0.1, 0.15) is 0 Å². The Balaban J connectivity index is 3.43. The first-order valence-electron chi connectivity index (χ1n) is 4.18. The number of hydrogen-bond donors (Lipinski definition) is 1. The summed E-state index contributed by atoms with van der Waals surface area (Å²) in [6.07, 6.45) is 0. The third-order valence-electron chi connectivity index (χ3n) is 1.94. The summed E-state index contributed by atoms with van der Waals surface area (Å²) in [6.45, 7) is 0. The van der Waals surface area contributed by atoms with E-state index >= 15 is 0 Å². The molecule has 0 radical (unpaired) electrons. The molecule has 0 aliphatic rings. The van der Waals surface area contributed by atoms with Crippen molar-refractivity contribution in [2.75, 3.05) is 7.11 Å². The number of rotatable bonds is 3. The van der Waals surface area contributed by atoms with E-state index < -0.39 is 7.60 Å². The van der Waals surface area contributed by atoms with Crippen LogP contribution in [0.3, 0.4) is 0 Å². The van der Waals surface area contributed by atoms with Crippen LogP contribution in [0.25, 0.3) is 5.31 Å². The van der Waals surface area contributed by atoms with Crippen molar-refractivity contribution in [2.45, 2.75) is 0 Å². The fraction of sp³-hybridized carbons (Fsp3) is 0.111. The molecule has 0 saturated heterocycles. The molecule has 0 fully saturated rings. The van der Waals surface area contributed by atoms with E-state index in [0.29, 0.717) is 0 Å². The number of halogens is 4. The van der Waals surface area contributed by atoms with Crippen LogP contribution in [0, 0.1) is 0 Å². The summed E-state index contributed by atoms with van der Waals surface area (Å²) in [5.41, 5.74) is 1.12. The van der Waals surface area contributed by atoms with Crippen molar-refractivity contribution in [3.05, 3.63) is 38.3 Å². The molecule has 8 heteroatoms. The van der Waals surface area contributed by atoms with E-state index in [1.165, 1.54) is 12.1 Å². The van der Waals surface area contributed by atoms with E-state index in [2.05, 4.69) is 4.52 Å². The second kappa shape index (κ2) is 5.94. The van der Waals surface area contributed by atoms with Crippen molar-refractivity contribution in [3.63, 3.8) is 0 Å². The molecule has 0 aliphatic carbocycles. The van der Waals surface area contributed by atoms with Crippen molar-refractivity contribution in [2.24, 2.45) is 0 Å². The first kappa shape index (κ1) is 15.3. The molecule has 0 spiro atoms. The van der Waals surface area contributed by atoms with Crippen molar-refractivity contribution in [3.8, 4) is 0 Å². The van der Waals surface area contributed by atoms with Gasteiger partial charge in [0, 0.05) is 18.2 Å². The molecule has 94 valence electrons. The smallest absolute Gasteiger partial charge is 0.321 e. The summed E-state index contributed by atoms with van der Waals surface area (Å²) in [4.78, 5) is 9.57. The Morgan fingerprint density at radius 2 is 1.82 bits per heavy atom. The van der Waals surface area contributed by atoms with E-state index in [4.69, 9.17) is 46.4 Å². The molecular weight excluding hydrogens is 329 g/mol. The summed E-state index contributed by atoms with van der Waals surface area (Å²) >= 11 is 23.0. The minimum Gasteiger partial charge on any atom is -0.321 e. The monoisotopic (exact) mass is 334 g/mol. The third kappa shape index (κ3) is 3.39. The van der Waals surface area contributed by atoms with Crippen LogP contribution in [0.5, 0.6) is 0 Å². The average Bonchev–Trinajstić information content (AvgIpc) is 2.26. The molecule has 0 aliphatic heterocycles. The highest BCUT2D eigenvalue weighted by molar-refractivity contribution is 7.64. The standard InChI is InChI=1S/C9H7Cl4O3P/c1-16-17(14,15)9(4-10)5-2-7(12)8(13)3-6(5)11/h2-4H,1H3,(H,14,15)/b9-4-. The van der Waals surface area contributed by atoms with Gasteiger partial charge in [-0.25, -0.2) is 0 Å². The molecule has 0 aromatic heterocycles. The fourth-order valence-electron chi connectivity index (χ4n) is 1.09. The lowest BCUT2D eigenvalue weighted by atomic mass is 10.2. The van der Waals surface area contributed by atoms with Gasteiger partial charge < -0.3 is 9.42 Å². The lowest BCUT2D eigenvalue weighted by Crippen LogP contribution is -1.91. The fourth-order valence-corrected chi connectivity index (χ4v) is 3.10. The van der Waals surface area contributed by atoms with Crippen molar-refractivity contribution >= 4 is 59.3 Å².